The zero-order valence-electron chi connectivity index (χ0n) is 14.3. The molecule has 0 spiro atoms. The number of carbonyl (C=O) groups is 1. The molecular weight excluding hydrogens is 352 g/mol. The quantitative estimate of drug-likeness (QED) is 0.722. The molecule has 0 aliphatic heterocycles. The third kappa shape index (κ3) is 4.48. The number of anilines is 2. The summed E-state index contributed by atoms with van der Waals surface area (Å²) in [6, 6.07) is 13.5. The van der Waals surface area contributed by atoms with E-state index >= 15 is 0 Å². The molecule has 0 unspecified atom stereocenters. The van der Waals surface area contributed by atoms with Gasteiger partial charge in [0.1, 0.15) is 0 Å². The highest BCUT2D eigenvalue weighted by Gasteiger charge is 2.08. The van der Waals surface area contributed by atoms with Crippen molar-refractivity contribution in [3.8, 4) is 5.69 Å². The number of rotatable bonds is 5. The van der Waals surface area contributed by atoms with Crippen LogP contribution in [0.25, 0.3) is 5.69 Å². The van der Waals surface area contributed by atoms with Crippen molar-refractivity contribution >= 4 is 27.3 Å². The van der Waals surface area contributed by atoms with E-state index in [1.54, 1.807) is 47.3 Å². The lowest BCUT2D eigenvalue weighted by atomic mass is 10.2. The Bertz CT molecular complexity index is 1020. The Morgan fingerprint density at radius 3 is 2.15 bits per heavy atom. The standard InChI is InChI=1S/C18H18N4O3S/c1-13-11-19-22(12-13)17-9-3-14(4-10-17)18(23)20-15-5-7-16(8-6-15)21-26(2,24)25/h3-12,21H,1-2H3,(H,20,23). The zero-order valence-corrected chi connectivity index (χ0v) is 15.1. The summed E-state index contributed by atoms with van der Waals surface area (Å²) in [5.74, 6) is -0.253. The van der Waals surface area contributed by atoms with Gasteiger partial charge in [0.2, 0.25) is 10.0 Å². The lowest BCUT2D eigenvalue weighted by Crippen LogP contribution is -2.12. The summed E-state index contributed by atoms with van der Waals surface area (Å²) in [4.78, 5) is 12.3. The molecule has 0 saturated carbocycles. The topological polar surface area (TPSA) is 93.1 Å². The summed E-state index contributed by atoms with van der Waals surface area (Å²) in [5.41, 5.74) is 3.44. The van der Waals surface area contributed by atoms with Crippen molar-refractivity contribution in [2.45, 2.75) is 6.92 Å². The first kappa shape index (κ1) is 17.7. The molecule has 0 aliphatic rings. The number of benzene rings is 2. The lowest BCUT2D eigenvalue weighted by Gasteiger charge is -2.08. The van der Waals surface area contributed by atoms with Crippen LogP contribution in [-0.4, -0.2) is 30.4 Å². The number of hydrogen-bond acceptors (Lipinski definition) is 4. The maximum absolute atomic E-state index is 12.3. The number of sulfonamides is 1. The molecule has 0 bridgehead atoms. The third-order valence-corrected chi connectivity index (χ3v) is 4.16. The summed E-state index contributed by atoms with van der Waals surface area (Å²) in [5, 5.41) is 7.00. The van der Waals surface area contributed by atoms with Gasteiger partial charge >= 0.3 is 0 Å². The average Bonchev–Trinajstić information content (AvgIpc) is 3.02. The van der Waals surface area contributed by atoms with Crippen molar-refractivity contribution in [3.63, 3.8) is 0 Å². The summed E-state index contributed by atoms with van der Waals surface area (Å²) >= 11 is 0. The number of aromatic nitrogens is 2. The predicted molar refractivity (Wildman–Crippen MR) is 101 cm³/mol. The normalized spacial score (nSPS) is 11.2. The summed E-state index contributed by atoms with van der Waals surface area (Å²) in [7, 11) is -3.33. The van der Waals surface area contributed by atoms with E-state index in [0.29, 0.717) is 16.9 Å². The van der Waals surface area contributed by atoms with Gasteiger partial charge in [-0.25, -0.2) is 13.1 Å². The van der Waals surface area contributed by atoms with Crippen LogP contribution < -0.4 is 10.0 Å². The van der Waals surface area contributed by atoms with Crippen molar-refractivity contribution in [1.82, 2.24) is 9.78 Å². The number of hydrogen-bond donors (Lipinski definition) is 2. The SMILES string of the molecule is Cc1cnn(-c2ccc(C(=O)Nc3ccc(NS(C)(=O)=O)cc3)cc2)c1. The van der Waals surface area contributed by atoms with E-state index in [4.69, 9.17) is 0 Å². The Morgan fingerprint density at radius 1 is 1.00 bits per heavy atom. The minimum Gasteiger partial charge on any atom is -0.322 e. The molecule has 2 aromatic carbocycles. The van der Waals surface area contributed by atoms with Gasteiger partial charge in [-0.2, -0.15) is 5.10 Å². The first-order chi connectivity index (χ1) is 12.3. The molecule has 1 heterocycles. The van der Waals surface area contributed by atoms with Gasteiger partial charge in [-0.3, -0.25) is 9.52 Å². The maximum atomic E-state index is 12.3. The minimum absolute atomic E-state index is 0.253. The maximum Gasteiger partial charge on any atom is 0.255 e. The Labute approximate surface area is 151 Å². The van der Waals surface area contributed by atoms with Gasteiger partial charge in [0.05, 0.1) is 18.1 Å². The second-order valence-corrected chi connectivity index (χ2v) is 7.66. The van der Waals surface area contributed by atoms with Crippen molar-refractivity contribution in [2.24, 2.45) is 0 Å². The zero-order chi connectivity index (χ0) is 18.7. The van der Waals surface area contributed by atoms with Crippen LogP contribution in [0.4, 0.5) is 11.4 Å². The fraction of sp³-hybridized carbons (Fsp3) is 0.111. The van der Waals surface area contributed by atoms with E-state index in [1.807, 2.05) is 25.3 Å². The van der Waals surface area contributed by atoms with Crippen molar-refractivity contribution in [2.75, 3.05) is 16.3 Å². The van der Waals surface area contributed by atoms with Gasteiger partial charge in [-0.15, -0.1) is 0 Å². The number of nitrogens with one attached hydrogen (secondary N) is 2. The summed E-state index contributed by atoms with van der Waals surface area (Å²) in [6.45, 7) is 1.96. The Kier molecular flexibility index (Phi) is 4.77. The van der Waals surface area contributed by atoms with Crippen LogP contribution in [0.2, 0.25) is 0 Å². The highest BCUT2D eigenvalue weighted by Crippen LogP contribution is 2.16. The van der Waals surface area contributed by atoms with E-state index in [1.165, 1.54) is 0 Å². The molecule has 1 amide bonds. The Morgan fingerprint density at radius 2 is 1.62 bits per heavy atom. The molecule has 7 nitrogen and oxygen atoms in total. The van der Waals surface area contributed by atoms with Crippen molar-refractivity contribution < 1.29 is 13.2 Å². The lowest BCUT2D eigenvalue weighted by molar-refractivity contribution is 0.102. The van der Waals surface area contributed by atoms with Gasteiger partial charge in [-0.1, -0.05) is 0 Å². The van der Waals surface area contributed by atoms with Gasteiger partial charge in [0.15, 0.2) is 0 Å². The molecular formula is C18H18N4O3S. The van der Waals surface area contributed by atoms with Crippen LogP contribution in [0.3, 0.4) is 0 Å². The molecule has 3 aromatic rings. The van der Waals surface area contributed by atoms with E-state index in [-0.39, 0.29) is 5.91 Å². The summed E-state index contributed by atoms with van der Waals surface area (Å²) < 4.78 is 26.5. The van der Waals surface area contributed by atoms with Crippen LogP contribution in [0, 0.1) is 6.92 Å². The predicted octanol–water partition coefficient (Wildman–Crippen LogP) is 2.80. The first-order valence-electron chi connectivity index (χ1n) is 7.81. The molecule has 0 fully saturated rings. The number of aryl methyl sites for hydroxylation is 1. The smallest absolute Gasteiger partial charge is 0.255 e. The minimum atomic E-state index is -3.33. The Balaban J connectivity index is 1.68. The molecule has 134 valence electrons. The van der Waals surface area contributed by atoms with Crippen molar-refractivity contribution in [3.05, 3.63) is 72.1 Å². The largest absolute Gasteiger partial charge is 0.322 e. The van der Waals surface area contributed by atoms with Crippen LogP contribution >= 0.6 is 0 Å². The van der Waals surface area contributed by atoms with Crippen LogP contribution in [0.1, 0.15) is 15.9 Å². The van der Waals surface area contributed by atoms with Crippen molar-refractivity contribution in [1.29, 1.82) is 0 Å². The number of nitrogens with zero attached hydrogens (tertiary/aromatic N) is 2. The molecule has 0 atom stereocenters. The van der Waals surface area contributed by atoms with Gasteiger partial charge in [-0.05, 0) is 61.0 Å². The highest BCUT2D eigenvalue weighted by molar-refractivity contribution is 7.92. The fourth-order valence-electron chi connectivity index (χ4n) is 2.36. The molecule has 2 N–H and O–H groups in total. The molecule has 0 saturated heterocycles. The second kappa shape index (κ2) is 7.01. The molecule has 3 rings (SSSR count). The number of amides is 1. The number of carbonyl (C=O) groups excluding carboxylic acids is 1. The van der Waals surface area contributed by atoms with Gasteiger partial charge < -0.3 is 5.32 Å². The van der Waals surface area contributed by atoms with Gasteiger partial charge in [0.25, 0.3) is 5.91 Å². The first-order valence-corrected chi connectivity index (χ1v) is 9.70. The van der Waals surface area contributed by atoms with E-state index < -0.39 is 10.0 Å². The Hall–Kier alpha value is -3.13. The molecule has 8 heteroatoms. The monoisotopic (exact) mass is 370 g/mol. The van der Waals surface area contributed by atoms with E-state index in [2.05, 4.69) is 15.1 Å². The fourth-order valence-corrected chi connectivity index (χ4v) is 2.92. The second-order valence-electron chi connectivity index (χ2n) is 5.91. The summed E-state index contributed by atoms with van der Waals surface area (Å²) in [6.07, 6.45) is 4.75. The van der Waals surface area contributed by atoms with Crippen LogP contribution in [0.15, 0.2) is 60.9 Å². The van der Waals surface area contributed by atoms with E-state index in [0.717, 1.165) is 17.5 Å². The molecule has 26 heavy (non-hydrogen) atoms. The van der Waals surface area contributed by atoms with Crippen LogP contribution in [0.5, 0.6) is 0 Å². The van der Waals surface area contributed by atoms with E-state index in [9.17, 15) is 13.2 Å². The molecule has 1 aromatic heterocycles. The third-order valence-electron chi connectivity index (χ3n) is 3.55. The highest BCUT2D eigenvalue weighted by atomic mass is 32.2. The molecule has 0 radical (unpaired) electrons. The van der Waals surface area contributed by atoms with Crippen LogP contribution in [-0.2, 0) is 10.0 Å². The van der Waals surface area contributed by atoms with Gasteiger partial charge in [0, 0.05) is 23.1 Å². The molecule has 0 aliphatic carbocycles. The average molecular weight is 370 g/mol.